The molecule has 210 valence electrons. The van der Waals surface area contributed by atoms with Gasteiger partial charge in [-0.15, -0.1) is 0 Å². The maximum Gasteiger partial charge on any atom is 0.332 e. The van der Waals surface area contributed by atoms with Crippen molar-refractivity contribution in [1.82, 2.24) is 15.2 Å². The van der Waals surface area contributed by atoms with Crippen molar-refractivity contribution in [3.05, 3.63) is 101 Å². The number of amides is 4. The Morgan fingerprint density at radius 3 is 2.49 bits per heavy atom. The number of carbonyl (C=O) groups excluding carboxylic acids is 3. The molecule has 0 bridgehead atoms. The van der Waals surface area contributed by atoms with E-state index in [0.29, 0.717) is 30.1 Å². The Morgan fingerprint density at radius 2 is 1.71 bits per heavy atom. The molecule has 1 fully saturated rings. The third-order valence-corrected chi connectivity index (χ3v) is 8.65. The minimum Gasteiger partial charge on any atom is -0.356 e. The number of hydrogen-bond donors (Lipinski definition) is 2. The zero-order valence-electron chi connectivity index (χ0n) is 23.6. The molecule has 3 aromatic carbocycles. The van der Waals surface area contributed by atoms with Crippen LogP contribution in [0.3, 0.4) is 0 Å². The van der Waals surface area contributed by atoms with Gasteiger partial charge in [-0.3, -0.25) is 14.5 Å². The second-order valence-corrected chi connectivity index (χ2v) is 11.1. The topological polar surface area (TPSA) is 85.5 Å². The zero-order chi connectivity index (χ0) is 28.5. The van der Waals surface area contributed by atoms with Gasteiger partial charge in [-0.2, -0.15) is 0 Å². The van der Waals surface area contributed by atoms with Gasteiger partial charge in [-0.05, 0) is 41.7 Å². The molecule has 1 saturated heterocycles. The first-order valence-electron chi connectivity index (χ1n) is 14.7. The number of aromatic nitrogens is 1. The van der Waals surface area contributed by atoms with E-state index >= 15 is 0 Å². The fraction of sp³-hybridized carbons (Fsp3) is 0.324. The highest BCUT2D eigenvalue weighted by atomic mass is 16.2. The standard InChI is InChI=1S/C34H36N4O3/c1-3-5-13-22(4-2)21-35-32(39)25-17-10-12-19-28(25)38-33(40)29-20-26-24-16-9-11-18-27(24)36-30(26)31(37(29)34(38)41)23-14-7-6-8-15-23/h6-12,14-19,22,29,31,36H,3-5,13,20-21H2,1-2H3,(H,35,39)/t22?,29-,31?/m0/s1. The number of para-hydroxylation sites is 2. The third kappa shape index (κ3) is 4.69. The second kappa shape index (κ2) is 11.2. The molecule has 7 heteroatoms. The molecular weight excluding hydrogens is 512 g/mol. The first-order chi connectivity index (χ1) is 20.0. The SMILES string of the molecule is CCCCC(CC)CNC(=O)c1ccccc1N1C(=O)[C@@H]2Cc3c([nH]c4ccccc34)C(c3ccccc3)N2C1=O. The Morgan fingerprint density at radius 1 is 0.976 bits per heavy atom. The van der Waals surface area contributed by atoms with Crippen molar-refractivity contribution < 1.29 is 14.4 Å². The summed E-state index contributed by atoms with van der Waals surface area (Å²) >= 11 is 0. The lowest BCUT2D eigenvalue weighted by atomic mass is 9.89. The number of H-pyrrole nitrogens is 1. The quantitative estimate of drug-likeness (QED) is 0.231. The van der Waals surface area contributed by atoms with Gasteiger partial charge in [-0.1, -0.05) is 93.8 Å². The molecule has 2 N–H and O–H groups in total. The van der Waals surface area contributed by atoms with E-state index in [4.69, 9.17) is 0 Å². The third-order valence-electron chi connectivity index (χ3n) is 8.65. The lowest BCUT2D eigenvalue weighted by Gasteiger charge is -2.36. The summed E-state index contributed by atoms with van der Waals surface area (Å²) < 4.78 is 0. The maximum absolute atomic E-state index is 14.3. The van der Waals surface area contributed by atoms with Crippen molar-refractivity contribution in [2.45, 2.75) is 58.0 Å². The molecule has 0 spiro atoms. The highest BCUT2D eigenvalue weighted by Gasteiger charge is 2.53. The summed E-state index contributed by atoms with van der Waals surface area (Å²) in [6, 6.07) is 23.3. The first kappa shape index (κ1) is 26.8. The van der Waals surface area contributed by atoms with E-state index in [1.807, 2.05) is 48.5 Å². The second-order valence-electron chi connectivity index (χ2n) is 11.1. The van der Waals surface area contributed by atoms with Crippen molar-refractivity contribution in [3.8, 4) is 0 Å². The Labute approximate surface area is 240 Å². The van der Waals surface area contributed by atoms with Crippen LogP contribution >= 0.6 is 0 Å². The number of hydrogen-bond acceptors (Lipinski definition) is 3. The Bertz CT molecular complexity index is 1590. The van der Waals surface area contributed by atoms with Gasteiger partial charge in [0.2, 0.25) is 0 Å². The highest BCUT2D eigenvalue weighted by Crippen LogP contribution is 2.45. The number of urea groups is 1. The van der Waals surface area contributed by atoms with Crippen LogP contribution in [0.2, 0.25) is 0 Å². The van der Waals surface area contributed by atoms with Crippen LogP contribution in [0.4, 0.5) is 10.5 Å². The summed E-state index contributed by atoms with van der Waals surface area (Å²) in [5.74, 6) is -0.177. The predicted octanol–water partition coefficient (Wildman–Crippen LogP) is 6.60. The Kier molecular flexibility index (Phi) is 7.35. The lowest BCUT2D eigenvalue weighted by Crippen LogP contribution is -2.44. The van der Waals surface area contributed by atoms with Gasteiger partial charge < -0.3 is 10.3 Å². The van der Waals surface area contributed by atoms with E-state index in [2.05, 4.69) is 30.2 Å². The minimum atomic E-state index is -0.672. The fourth-order valence-electron chi connectivity index (χ4n) is 6.41. The molecule has 0 aliphatic carbocycles. The van der Waals surface area contributed by atoms with Crippen LogP contribution in [0, 0.1) is 5.92 Å². The molecule has 0 radical (unpaired) electrons. The van der Waals surface area contributed by atoms with Crippen LogP contribution in [0.25, 0.3) is 10.9 Å². The van der Waals surface area contributed by atoms with Crippen LogP contribution in [0.1, 0.15) is 72.8 Å². The van der Waals surface area contributed by atoms with E-state index in [0.717, 1.165) is 53.4 Å². The maximum atomic E-state index is 14.3. The van der Waals surface area contributed by atoms with Crippen LogP contribution in [0.15, 0.2) is 78.9 Å². The van der Waals surface area contributed by atoms with E-state index < -0.39 is 18.1 Å². The molecule has 3 heterocycles. The molecule has 2 aliphatic heterocycles. The van der Waals surface area contributed by atoms with Crippen molar-refractivity contribution in [2.24, 2.45) is 5.92 Å². The Hall–Kier alpha value is -4.39. The number of imide groups is 1. The molecule has 41 heavy (non-hydrogen) atoms. The van der Waals surface area contributed by atoms with Gasteiger partial charge in [0.05, 0.1) is 11.3 Å². The number of nitrogens with one attached hydrogen (secondary N) is 2. The normalized spacial score (nSPS) is 18.9. The van der Waals surface area contributed by atoms with Gasteiger partial charge in [0.1, 0.15) is 12.1 Å². The number of aromatic amines is 1. The summed E-state index contributed by atoms with van der Waals surface area (Å²) in [5, 5.41) is 4.14. The smallest absolute Gasteiger partial charge is 0.332 e. The summed E-state index contributed by atoms with van der Waals surface area (Å²) in [7, 11) is 0. The molecule has 4 amide bonds. The van der Waals surface area contributed by atoms with Gasteiger partial charge in [0.25, 0.3) is 11.8 Å². The average molecular weight is 549 g/mol. The molecule has 3 atom stereocenters. The molecule has 1 aromatic heterocycles. The summed E-state index contributed by atoms with van der Waals surface area (Å²) in [5.41, 5.74) is 4.57. The van der Waals surface area contributed by atoms with E-state index in [-0.39, 0.29) is 11.8 Å². The minimum absolute atomic E-state index is 0.267. The molecule has 2 aliphatic rings. The first-order valence-corrected chi connectivity index (χ1v) is 14.7. The van der Waals surface area contributed by atoms with Crippen molar-refractivity contribution in [2.75, 3.05) is 11.4 Å². The number of anilines is 1. The van der Waals surface area contributed by atoms with Crippen molar-refractivity contribution >= 4 is 34.4 Å². The van der Waals surface area contributed by atoms with Crippen LogP contribution in [-0.4, -0.2) is 40.3 Å². The van der Waals surface area contributed by atoms with Crippen LogP contribution in [-0.2, 0) is 11.2 Å². The summed E-state index contributed by atoms with van der Waals surface area (Å²) in [4.78, 5) is 48.3. The summed E-state index contributed by atoms with van der Waals surface area (Å²) in [6.07, 6.45) is 4.70. The van der Waals surface area contributed by atoms with E-state index in [1.54, 1.807) is 29.2 Å². The monoisotopic (exact) mass is 548 g/mol. The van der Waals surface area contributed by atoms with E-state index in [1.165, 1.54) is 4.90 Å². The van der Waals surface area contributed by atoms with Crippen LogP contribution < -0.4 is 10.2 Å². The fourth-order valence-corrected chi connectivity index (χ4v) is 6.41. The number of rotatable bonds is 9. The molecule has 2 unspecified atom stereocenters. The van der Waals surface area contributed by atoms with Gasteiger partial charge in [0, 0.05) is 29.6 Å². The van der Waals surface area contributed by atoms with Crippen molar-refractivity contribution in [3.63, 3.8) is 0 Å². The number of fused-ring (bicyclic) bond motifs is 4. The predicted molar refractivity (Wildman–Crippen MR) is 161 cm³/mol. The van der Waals surface area contributed by atoms with Crippen LogP contribution in [0.5, 0.6) is 0 Å². The summed E-state index contributed by atoms with van der Waals surface area (Å²) in [6.45, 7) is 4.87. The lowest BCUT2D eigenvalue weighted by molar-refractivity contribution is -0.120. The number of nitrogens with zero attached hydrogens (tertiary/aromatic N) is 2. The number of unbranched alkanes of at least 4 members (excludes halogenated alkanes) is 1. The molecule has 0 saturated carbocycles. The van der Waals surface area contributed by atoms with Gasteiger partial charge in [-0.25, -0.2) is 9.69 Å². The largest absolute Gasteiger partial charge is 0.356 e. The molecule has 7 nitrogen and oxygen atoms in total. The van der Waals surface area contributed by atoms with Gasteiger partial charge >= 0.3 is 6.03 Å². The molecule has 6 rings (SSSR count). The number of carbonyl (C=O) groups is 3. The average Bonchev–Trinajstić information content (AvgIpc) is 3.50. The highest BCUT2D eigenvalue weighted by molar-refractivity contribution is 6.24. The molecular formula is C34H36N4O3. The Balaban J connectivity index is 1.36. The zero-order valence-corrected chi connectivity index (χ0v) is 23.6. The van der Waals surface area contributed by atoms with E-state index in [9.17, 15) is 14.4 Å². The van der Waals surface area contributed by atoms with Crippen molar-refractivity contribution in [1.29, 1.82) is 0 Å². The molecule has 4 aromatic rings. The van der Waals surface area contributed by atoms with Gasteiger partial charge in [0.15, 0.2) is 0 Å². The number of benzene rings is 3.